The van der Waals surface area contributed by atoms with Crippen molar-refractivity contribution < 1.29 is 22.7 Å². The highest BCUT2D eigenvalue weighted by Gasteiger charge is 2.31. The highest BCUT2D eigenvalue weighted by atomic mass is 32.1. The zero-order valence-corrected chi connectivity index (χ0v) is 15.8. The fourth-order valence-corrected chi connectivity index (χ4v) is 3.36. The summed E-state index contributed by atoms with van der Waals surface area (Å²) in [5.74, 6) is -0.726. The maximum Gasteiger partial charge on any atom is 0.573 e. The molecule has 0 saturated heterocycles. The normalized spacial score (nSPS) is 11.8. The molecule has 0 aliphatic heterocycles. The van der Waals surface area contributed by atoms with Crippen LogP contribution < -0.4 is 9.64 Å². The molecule has 3 aromatic rings. The maximum absolute atomic E-state index is 12.9. The van der Waals surface area contributed by atoms with Gasteiger partial charge in [0.25, 0.3) is 5.91 Å². The lowest BCUT2D eigenvalue weighted by Gasteiger charge is -2.21. The van der Waals surface area contributed by atoms with Crippen molar-refractivity contribution >= 4 is 32.6 Å². The van der Waals surface area contributed by atoms with Crippen LogP contribution in [0.4, 0.5) is 18.3 Å². The van der Waals surface area contributed by atoms with Crippen LogP contribution in [-0.2, 0) is 0 Å². The smallest absolute Gasteiger partial charge is 0.406 e. The molecule has 0 unspecified atom stereocenters. The summed E-state index contributed by atoms with van der Waals surface area (Å²) < 4.78 is 41.7. The molecule has 2 aromatic heterocycles. The number of hydrogen-bond donors (Lipinski definition) is 0. The molecule has 0 fully saturated rings. The van der Waals surface area contributed by atoms with E-state index in [2.05, 4.69) is 19.7 Å². The molecule has 2 heterocycles. The van der Waals surface area contributed by atoms with E-state index in [1.54, 1.807) is 0 Å². The van der Waals surface area contributed by atoms with Crippen molar-refractivity contribution in [2.24, 2.45) is 0 Å². The average Bonchev–Trinajstić information content (AvgIpc) is 3.03. The number of fused-ring (bicyclic) bond motifs is 1. The minimum atomic E-state index is -4.78. The van der Waals surface area contributed by atoms with E-state index in [9.17, 15) is 18.0 Å². The third kappa shape index (κ3) is 4.93. The molecule has 148 valence electrons. The molecule has 0 spiro atoms. The fraction of sp³-hybridized carbons (Fsp3) is 0.294. The Kier molecular flexibility index (Phi) is 5.75. The van der Waals surface area contributed by atoms with Gasteiger partial charge in [-0.05, 0) is 26.2 Å². The summed E-state index contributed by atoms with van der Waals surface area (Å²) in [4.78, 5) is 28.6. The van der Waals surface area contributed by atoms with Gasteiger partial charge in [-0.25, -0.2) is 9.97 Å². The molecule has 7 nitrogen and oxygen atoms in total. The number of ether oxygens (including phenoxy) is 1. The van der Waals surface area contributed by atoms with E-state index in [0.29, 0.717) is 28.4 Å². The Morgan fingerprint density at radius 2 is 2.00 bits per heavy atom. The molecule has 0 radical (unpaired) electrons. The van der Waals surface area contributed by atoms with Gasteiger partial charge in [0.15, 0.2) is 5.13 Å². The number of carbonyl (C=O) groups excluding carboxylic acids is 1. The van der Waals surface area contributed by atoms with E-state index in [1.165, 1.54) is 41.7 Å². The Balaban J connectivity index is 1.94. The summed E-state index contributed by atoms with van der Waals surface area (Å²) in [5.41, 5.74) is 0.623. The lowest BCUT2D eigenvalue weighted by atomic mass is 10.3. The maximum atomic E-state index is 12.9. The van der Waals surface area contributed by atoms with Crippen molar-refractivity contribution in [3.05, 3.63) is 42.5 Å². The summed E-state index contributed by atoms with van der Waals surface area (Å²) in [6.07, 6.45) is -0.550. The lowest BCUT2D eigenvalue weighted by molar-refractivity contribution is -0.274. The van der Waals surface area contributed by atoms with Gasteiger partial charge in [-0.15, -0.1) is 13.2 Å². The van der Waals surface area contributed by atoms with Gasteiger partial charge in [-0.2, -0.15) is 0 Å². The van der Waals surface area contributed by atoms with Crippen LogP contribution in [0.15, 0.2) is 36.8 Å². The highest BCUT2D eigenvalue weighted by molar-refractivity contribution is 7.22. The van der Waals surface area contributed by atoms with Gasteiger partial charge in [0.1, 0.15) is 11.4 Å². The largest absolute Gasteiger partial charge is 0.573 e. The number of carbonyl (C=O) groups is 1. The summed E-state index contributed by atoms with van der Waals surface area (Å²) in [6, 6.07) is 3.86. The van der Waals surface area contributed by atoms with E-state index < -0.39 is 6.36 Å². The van der Waals surface area contributed by atoms with Crippen molar-refractivity contribution in [2.75, 3.05) is 32.1 Å². The highest BCUT2D eigenvalue weighted by Crippen LogP contribution is 2.33. The van der Waals surface area contributed by atoms with E-state index in [-0.39, 0.29) is 17.4 Å². The van der Waals surface area contributed by atoms with Crippen LogP contribution in [0.1, 0.15) is 10.5 Å². The van der Waals surface area contributed by atoms with Gasteiger partial charge in [0.05, 0.1) is 16.4 Å². The van der Waals surface area contributed by atoms with Crippen LogP contribution in [0.2, 0.25) is 0 Å². The number of aromatic nitrogens is 3. The van der Waals surface area contributed by atoms with Crippen LogP contribution >= 0.6 is 11.3 Å². The summed E-state index contributed by atoms with van der Waals surface area (Å²) >= 11 is 1.10. The first-order valence-corrected chi connectivity index (χ1v) is 8.93. The number of likely N-dealkylation sites (N-methyl/N-ethyl adjacent to an activating group) is 1. The zero-order chi connectivity index (χ0) is 20.3. The minimum absolute atomic E-state index is 0.154. The number of rotatable bonds is 6. The number of anilines is 1. The standard InChI is InChI=1S/C17H16F3N5O2S/c1-24(2)7-8-25(15(26)13-10-21-5-6-22-13)16-23-12-4-3-11(9-14(12)28-16)27-17(18,19)20/h3-6,9-10H,7-8H2,1-2H3. The van der Waals surface area contributed by atoms with E-state index in [4.69, 9.17) is 0 Å². The number of nitrogens with zero attached hydrogens (tertiary/aromatic N) is 5. The molecular weight excluding hydrogens is 395 g/mol. The van der Waals surface area contributed by atoms with Crippen molar-refractivity contribution in [3.8, 4) is 5.75 Å². The molecule has 1 amide bonds. The molecule has 0 aliphatic carbocycles. The van der Waals surface area contributed by atoms with Crippen LogP contribution in [0.3, 0.4) is 0 Å². The Morgan fingerprint density at radius 3 is 2.64 bits per heavy atom. The van der Waals surface area contributed by atoms with Gasteiger partial charge in [-0.1, -0.05) is 11.3 Å². The summed E-state index contributed by atoms with van der Waals surface area (Å²) in [7, 11) is 3.73. The second-order valence-corrected chi connectivity index (χ2v) is 7.03. The van der Waals surface area contributed by atoms with Crippen LogP contribution in [0.25, 0.3) is 10.2 Å². The molecule has 0 atom stereocenters. The van der Waals surface area contributed by atoms with E-state index in [0.717, 1.165) is 11.3 Å². The number of amides is 1. The van der Waals surface area contributed by atoms with E-state index in [1.807, 2.05) is 19.0 Å². The monoisotopic (exact) mass is 411 g/mol. The number of alkyl halides is 3. The fourth-order valence-electron chi connectivity index (χ4n) is 2.34. The number of benzene rings is 1. The van der Waals surface area contributed by atoms with Crippen LogP contribution in [-0.4, -0.2) is 59.3 Å². The molecule has 0 bridgehead atoms. The first kappa shape index (κ1) is 20.0. The number of halogens is 3. The zero-order valence-electron chi connectivity index (χ0n) is 15.0. The second kappa shape index (κ2) is 8.07. The average molecular weight is 411 g/mol. The first-order chi connectivity index (χ1) is 13.2. The Labute approximate surface area is 162 Å². The molecule has 1 aromatic carbocycles. The predicted molar refractivity (Wildman–Crippen MR) is 98.6 cm³/mol. The van der Waals surface area contributed by atoms with Gasteiger partial charge in [0.2, 0.25) is 0 Å². The molecule has 11 heteroatoms. The van der Waals surface area contributed by atoms with Crippen LogP contribution in [0, 0.1) is 0 Å². The van der Waals surface area contributed by atoms with Crippen molar-refractivity contribution in [2.45, 2.75) is 6.36 Å². The van der Waals surface area contributed by atoms with E-state index >= 15 is 0 Å². The topological polar surface area (TPSA) is 71.5 Å². The van der Waals surface area contributed by atoms with Gasteiger partial charge in [-0.3, -0.25) is 14.7 Å². The minimum Gasteiger partial charge on any atom is -0.406 e. The molecular formula is C17H16F3N5O2S. The van der Waals surface area contributed by atoms with Crippen molar-refractivity contribution in [3.63, 3.8) is 0 Å². The third-order valence-corrected chi connectivity index (χ3v) is 4.65. The summed E-state index contributed by atoms with van der Waals surface area (Å²) in [5, 5.41) is 0.358. The predicted octanol–water partition coefficient (Wildman–Crippen LogP) is 3.19. The number of hydrogen-bond acceptors (Lipinski definition) is 7. The quantitative estimate of drug-likeness (QED) is 0.620. The Bertz CT molecular complexity index is 962. The molecule has 0 N–H and O–H groups in total. The SMILES string of the molecule is CN(C)CCN(C(=O)c1cnccn1)c1nc2ccc(OC(F)(F)F)cc2s1. The molecule has 3 rings (SSSR count). The first-order valence-electron chi connectivity index (χ1n) is 8.12. The Morgan fingerprint density at radius 1 is 1.21 bits per heavy atom. The van der Waals surface area contributed by atoms with Crippen LogP contribution in [0.5, 0.6) is 5.75 Å². The van der Waals surface area contributed by atoms with Gasteiger partial charge in [0, 0.05) is 31.5 Å². The summed E-state index contributed by atoms with van der Waals surface area (Å²) in [6.45, 7) is 0.887. The Hall–Kier alpha value is -2.79. The van der Waals surface area contributed by atoms with Crippen molar-refractivity contribution in [1.82, 2.24) is 19.9 Å². The lowest BCUT2D eigenvalue weighted by Crippen LogP contribution is -2.37. The van der Waals surface area contributed by atoms with Crippen molar-refractivity contribution in [1.29, 1.82) is 0 Å². The molecule has 0 saturated carbocycles. The third-order valence-electron chi connectivity index (χ3n) is 3.61. The molecule has 0 aliphatic rings. The second-order valence-electron chi connectivity index (χ2n) is 6.02. The number of thiazole rings is 1. The van der Waals surface area contributed by atoms with Gasteiger partial charge < -0.3 is 9.64 Å². The van der Waals surface area contributed by atoms with Gasteiger partial charge >= 0.3 is 6.36 Å². The molecule has 28 heavy (non-hydrogen) atoms.